The minimum absolute atomic E-state index is 0.120. The molecule has 2 N–H and O–H groups in total. The number of ether oxygens (including phenoxy) is 1. The fourth-order valence-electron chi connectivity index (χ4n) is 1.59. The summed E-state index contributed by atoms with van der Waals surface area (Å²) >= 11 is 0. The van der Waals surface area contributed by atoms with Gasteiger partial charge in [0.05, 0.1) is 19.1 Å². The van der Waals surface area contributed by atoms with Crippen molar-refractivity contribution in [2.45, 2.75) is 0 Å². The minimum Gasteiger partial charge on any atom is -0.497 e. The summed E-state index contributed by atoms with van der Waals surface area (Å²) in [5, 5.41) is 0. The number of aromatic amines is 1. The Hall–Kier alpha value is -2.35. The van der Waals surface area contributed by atoms with Crippen molar-refractivity contribution in [3.63, 3.8) is 0 Å². The molecule has 20 heavy (non-hydrogen) atoms. The molecule has 1 heterocycles. The molecule has 0 spiro atoms. The zero-order valence-corrected chi connectivity index (χ0v) is 11.7. The average Bonchev–Trinajstić information content (AvgIpc) is 2.36. The van der Waals surface area contributed by atoms with Crippen LogP contribution >= 0.6 is 0 Å². The number of hydrogen-bond acceptors (Lipinski definition) is 5. The third-order valence-corrected chi connectivity index (χ3v) is 2.97. The normalized spacial score (nSPS) is 11.1. The van der Waals surface area contributed by atoms with E-state index in [2.05, 4.69) is 14.7 Å². The van der Waals surface area contributed by atoms with Gasteiger partial charge in [0, 0.05) is 11.6 Å². The molecular weight excluding hydrogens is 282 g/mol. The standard InChI is InChI=1S/C12H13N3O4S/c1-19-9-5-3-8(4-6-9)10-7-11(16)14-12(13-10)15-20(2,17)18/h3-7H,1-2H3,(H2,13,14,15,16). The van der Waals surface area contributed by atoms with Crippen LogP contribution in [-0.4, -0.2) is 31.8 Å². The summed E-state index contributed by atoms with van der Waals surface area (Å²) in [5.41, 5.74) is 0.591. The Morgan fingerprint density at radius 2 is 1.90 bits per heavy atom. The highest BCUT2D eigenvalue weighted by Gasteiger charge is 2.08. The van der Waals surface area contributed by atoms with E-state index < -0.39 is 15.6 Å². The molecule has 7 nitrogen and oxygen atoms in total. The number of sulfonamides is 1. The largest absolute Gasteiger partial charge is 0.497 e. The maximum Gasteiger partial charge on any atom is 0.252 e. The minimum atomic E-state index is -3.51. The van der Waals surface area contributed by atoms with Gasteiger partial charge in [-0.25, -0.2) is 13.4 Å². The van der Waals surface area contributed by atoms with E-state index in [1.807, 2.05) is 0 Å². The highest BCUT2D eigenvalue weighted by molar-refractivity contribution is 7.91. The molecule has 1 aromatic carbocycles. The Bertz CT molecular complexity index is 766. The number of hydrogen-bond donors (Lipinski definition) is 2. The molecule has 0 radical (unpaired) electrons. The molecule has 0 aliphatic rings. The van der Waals surface area contributed by atoms with Crippen LogP contribution in [0.2, 0.25) is 0 Å². The molecule has 8 heteroatoms. The molecule has 0 saturated heterocycles. The van der Waals surface area contributed by atoms with Crippen LogP contribution in [-0.2, 0) is 10.0 Å². The second-order valence-electron chi connectivity index (χ2n) is 4.08. The lowest BCUT2D eigenvalue weighted by molar-refractivity contribution is 0.415. The van der Waals surface area contributed by atoms with Crippen molar-refractivity contribution < 1.29 is 13.2 Å². The van der Waals surface area contributed by atoms with Gasteiger partial charge < -0.3 is 4.74 Å². The molecule has 0 fully saturated rings. The Balaban J connectivity index is 2.43. The third kappa shape index (κ3) is 3.58. The molecule has 0 unspecified atom stereocenters. The van der Waals surface area contributed by atoms with Crippen LogP contribution in [0.25, 0.3) is 11.3 Å². The van der Waals surface area contributed by atoms with Crippen molar-refractivity contribution in [1.29, 1.82) is 0 Å². The molecule has 0 aliphatic heterocycles. The first-order chi connectivity index (χ1) is 9.37. The molecule has 0 amide bonds. The fourth-order valence-corrected chi connectivity index (χ4v) is 2.04. The van der Waals surface area contributed by atoms with Crippen molar-refractivity contribution in [2.24, 2.45) is 0 Å². The maximum absolute atomic E-state index is 11.5. The number of nitrogens with zero attached hydrogens (tertiary/aromatic N) is 1. The predicted molar refractivity (Wildman–Crippen MR) is 75.3 cm³/mol. The highest BCUT2D eigenvalue weighted by Crippen LogP contribution is 2.20. The summed E-state index contributed by atoms with van der Waals surface area (Å²) in [6.45, 7) is 0. The van der Waals surface area contributed by atoms with Crippen LogP contribution in [0.15, 0.2) is 35.1 Å². The lowest BCUT2D eigenvalue weighted by Crippen LogP contribution is -2.17. The van der Waals surface area contributed by atoms with E-state index >= 15 is 0 Å². The van der Waals surface area contributed by atoms with Crippen LogP contribution < -0.4 is 15.0 Å². The van der Waals surface area contributed by atoms with Gasteiger partial charge in [-0.1, -0.05) is 0 Å². The quantitative estimate of drug-likeness (QED) is 0.869. The van der Waals surface area contributed by atoms with Crippen molar-refractivity contribution >= 4 is 16.0 Å². The number of nitrogens with one attached hydrogen (secondary N) is 2. The summed E-state index contributed by atoms with van der Waals surface area (Å²) < 4.78 is 29.5. The first-order valence-corrected chi connectivity index (χ1v) is 7.50. The fraction of sp³-hybridized carbons (Fsp3) is 0.167. The Labute approximate surface area is 115 Å². The van der Waals surface area contributed by atoms with Gasteiger partial charge in [0.1, 0.15) is 5.75 Å². The molecule has 0 bridgehead atoms. The molecule has 106 valence electrons. The number of aromatic nitrogens is 2. The van der Waals surface area contributed by atoms with Crippen LogP contribution in [0.3, 0.4) is 0 Å². The molecule has 2 rings (SSSR count). The second-order valence-corrected chi connectivity index (χ2v) is 5.83. The van der Waals surface area contributed by atoms with E-state index in [1.54, 1.807) is 31.4 Å². The zero-order chi connectivity index (χ0) is 14.8. The first kappa shape index (κ1) is 14.1. The third-order valence-electron chi connectivity index (χ3n) is 2.41. The summed E-state index contributed by atoms with van der Waals surface area (Å²) in [7, 11) is -1.96. The molecule has 0 atom stereocenters. The van der Waals surface area contributed by atoms with Gasteiger partial charge in [-0.3, -0.25) is 14.5 Å². The van der Waals surface area contributed by atoms with Gasteiger partial charge >= 0.3 is 0 Å². The summed E-state index contributed by atoms with van der Waals surface area (Å²) in [6.07, 6.45) is 0.979. The summed E-state index contributed by atoms with van der Waals surface area (Å²) in [4.78, 5) is 17.9. The zero-order valence-electron chi connectivity index (χ0n) is 10.9. The van der Waals surface area contributed by atoms with Crippen LogP contribution in [0.5, 0.6) is 5.75 Å². The Kier molecular flexibility index (Phi) is 3.75. The second kappa shape index (κ2) is 5.33. The van der Waals surface area contributed by atoms with E-state index in [0.29, 0.717) is 17.0 Å². The van der Waals surface area contributed by atoms with Crippen LogP contribution in [0.4, 0.5) is 5.95 Å². The lowest BCUT2D eigenvalue weighted by atomic mass is 10.1. The highest BCUT2D eigenvalue weighted by atomic mass is 32.2. The van der Waals surface area contributed by atoms with Crippen LogP contribution in [0, 0.1) is 0 Å². The number of rotatable bonds is 4. The summed E-state index contributed by atoms with van der Waals surface area (Å²) in [5.74, 6) is 0.555. The van der Waals surface area contributed by atoms with Crippen molar-refractivity contribution in [1.82, 2.24) is 9.97 Å². The van der Waals surface area contributed by atoms with Gasteiger partial charge in [0.15, 0.2) is 0 Å². The van der Waals surface area contributed by atoms with Gasteiger partial charge in [0.25, 0.3) is 5.56 Å². The smallest absolute Gasteiger partial charge is 0.252 e. The van der Waals surface area contributed by atoms with E-state index in [1.165, 1.54) is 6.07 Å². The van der Waals surface area contributed by atoms with E-state index in [-0.39, 0.29) is 5.95 Å². The topological polar surface area (TPSA) is 101 Å². The number of anilines is 1. The van der Waals surface area contributed by atoms with Gasteiger partial charge in [0.2, 0.25) is 16.0 Å². The van der Waals surface area contributed by atoms with Gasteiger partial charge in [-0.05, 0) is 24.3 Å². The molecular formula is C12H13N3O4S. The number of methoxy groups -OCH3 is 1. The average molecular weight is 295 g/mol. The van der Waals surface area contributed by atoms with Crippen LogP contribution in [0.1, 0.15) is 0 Å². The number of benzene rings is 1. The van der Waals surface area contributed by atoms with Gasteiger partial charge in [-0.2, -0.15) is 0 Å². The first-order valence-electron chi connectivity index (χ1n) is 5.61. The van der Waals surface area contributed by atoms with Gasteiger partial charge in [-0.15, -0.1) is 0 Å². The van der Waals surface area contributed by atoms with Crippen molar-refractivity contribution in [3.05, 3.63) is 40.7 Å². The molecule has 2 aromatic rings. The van der Waals surface area contributed by atoms with E-state index in [0.717, 1.165) is 6.26 Å². The van der Waals surface area contributed by atoms with E-state index in [9.17, 15) is 13.2 Å². The van der Waals surface area contributed by atoms with Crippen molar-refractivity contribution in [3.8, 4) is 17.0 Å². The summed E-state index contributed by atoms with van der Waals surface area (Å²) in [6, 6.07) is 8.19. The van der Waals surface area contributed by atoms with Crippen molar-refractivity contribution in [2.75, 3.05) is 18.1 Å². The SMILES string of the molecule is COc1ccc(-c2cc(=O)[nH]c(NS(C)(=O)=O)n2)cc1. The number of H-pyrrole nitrogens is 1. The molecule has 0 saturated carbocycles. The maximum atomic E-state index is 11.5. The Morgan fingerprint density at radius 3 is 2.45 bits per heavy atom. The van der Waals surface area contributed by atoms with E-state index in [4.69, 9.17) is 4.74 Å². The Morgan fingerprint density at radius 1 is 1.25 bits per heavy atom. The monoisotopic (exact) mass is 295 g/mol. The molecule has 1 aromatic heterocycles. The molecule has 0 aliphatic carbocycles. The predicted octanol–water partition coefficient (Wildman–Crippen LogP) is 0.817. The lowest BCUT2D eigenvalue weighted by Gasteiger charge is -2.06.